The molecule has 12 heteroatoms. The highest BCUT2D eigenvalue weighted by Crippen LogP contribution is 2.44. The summed E-state index contributed by atoms with van der Waals surface area (Å²) in [7, 11) is 2.04. The smallest absolute Gasteiger partial charge is 0.319 e. The molecule has 4 heterocycles. The summed E-state index contributed by atoms with van der Waals surface area (Å²) in [6.07, 6.45) is 4.90. The van der Waals surface area contributed by atoms with E-state index >= 15 is 0 Å². The molecule has 5 rings (SSSR count). The fourth-order valence-electron chi connectivity index (χ4n) is 5.71. The second kappa shape index (κ2) is 12.3. The minimum atomic E-state index is -0.732. The average Bonchev–Trinajstić information content (AvgIpc) is 3.59. The zero-order valence-electron chi connectivity index (χ0n) is 24.5. The van der Waals surface area contributed by atoms with Gasteiger partial charge in [0.15, 0.2) is 23.5 Å². The van der Waals surface area contributed by atoms with Crippen molar-refractivity contribution in [2.45, 2.75) is 83.2 Å². The molecule has 222 valence electrons. The molecular weight excluding hydrogens is 524 g/mol. The quantitative estimate of drug-likeness (QED) is 0.295. The van der Waals surface area contributed by atoms with Crippen LogP contribution >= 0.6 is 0 Å². The number of aromatic nitrogens is 4. The van der Waals surface area contributed by atoms with Gasteiger partial charge in [0, 0.05) is 18.8 Å². The number of fused-ring (bicyclic) bond motifs is 2. The Balaban J connectivity index is 1.11. The van der Waals surface area contributed by atoms with E-state index in [1.165, 1.54) is 11.9 Å². The molecule has 2 amide bonds. The predicted molar refractivity (Wildman–Crippen MR) is 156 cm³/mol. The summed E-state index contributed by atoms with van der Waals surface area (Å²) < 4.78 is 20.9. The molecule has 2 aliphatic heterocycles. The van der Waals surface area contributed by atoms with Gasteiger partial charge in [0.25, 0.3) is 0 Å². The standard InChI is InChI=1S/C29H42N8O4/c1-6-8-18(2)19-9-11-20(12-10-19)35-28(38)31-13-7-14-36(5)15-21-23-24(41-29(3,4)40-23)27(39-21)37-17-34-22-25(30)32-16-33-26(22)37/h9-12,16-18,21,23-24,27H,6-8,13-15H2,1-5H3,(H2,30,32,33)(H2,31,35,38)/t18?,21?,23-,24-,27?/m1/s1. The summed E-state index contributed by atoms with van der Waals surface area (Å²) in [5, 5.41) is 5.86. The topological polar surface area (TPSA) is 142 Å². The van der Waals surface area contributed by atoms with Crippen LogP contribution in [0.15, 0.2) is 36.9 Å². The Morgan fingerprint density at radius 2 is 1.93 bits per heavy atom. The second-order valence-corrected chi connectivity index (χ2v) is 11.5. The number of ether oxygens (including phenoxy) is 3. The molecule has 3 unspecified atom stereocenters. The Morgan fingerprint density at radius 3 is 2.68 bits per heavy atom. The maximum atomic E-state index is 12.4. The number of nitrogens with two attached hydrogens (primary N) is 1. The monoisotopic (exact) mass is 566 g/mol. The highest BCUT2D eigenvalue weighted by Gasteiger charge is 2.56. The molecule has 2 aromatic heterocycles. The Labute approximate surface area is 241 Å². The first kappa shape index (κ1) is 29.2. The number of imidazole rings is 1. The van der Waals surface area contributed by atoms with Gasteiger partial charge in [-0.15, -0.1) is 0 Å². The number of hydrogen-bond donors (Lipinski definition) is 3. The Hall–Kier alpha value is -3.32. The summed E-state index contributed by atoms with van der Waals surface area (Å²) in [6.45, 7) is 10.2. The van der Waals surface area contributed by atoms with Crippen LogP contribution in [-0.4, -0.2) is 81.2 Å². The summed E-state index contributed by atoms with van der Waals surface area (Å²) in [4.78, 5) is 27.4. The van der Waals surface area contributed by atoms with Crippen LogP contribution in [0.1, 0.15) is 64.7 Å². The van der Waals surface area contributed by atoms with Crippen molar-refractivity contribution in [3.05, 3.63) is 42.5 Å². The first-order valence-corrected chi connectivity index (χ1v) is 14.4. The molecule has 0 saturated carbocycles. The van der Waals surface area contributed by atoms with Gasteiger partial charge in [-0.25, -0.2) is 19.7 Å². The fraction of sp³-hybridized carbons (Fsp3) is 0.586. The van der Waals surface area contributed by atoms with E-state index in [0.29, 0.717) is 36.0 Å². The van der Waals surface area contributed by atoms with Gasteiger partial charge >= 0.3 is 6.03 Å². The SMILES string of the molecule is CCCC(C)c1ccc(NC(=O)NCCCN(C)CC2OC(n3cnc4c(N)ncnc43)[C@@H]3OC(C)(C)O[C@H]23)cc1. The predicted octanol–water partition coefficient (Wildman–Crippen LogP) is 3.87. The van der Waals surface area contributed by atoms with Crippen LogP contribution in [-0.2, 0) is 14.2 Å². The molecule has 2 aliphatic rings. The van der Waals surface area contributed by atoms with Crippen molar-refractivity contribution in [3.8, 4) is 0 Å². The van der Waals surface area contributed by atoms with Crippen LogP contribution in [0.25, 0.3) is 11.2 Å². The van der Waals surface area contributed by atoms with Crippen LogP contribution < -0.4 is 16.4 Å². The third-order valence-electron chi connectivity index (χ3n) is 7.74. The van der Waals surface area contributed by atoms with Gasteiger partial charge in [0.2, 0.25) is 0 Å². The third-order valence-corrected chi connectivity index (χ3v) is 7.74. The zero-order valence-corrected chi connectivity index (χ0v) is 24.5. The van der Waals surface area contributed by atoms with Crippen molar-refractivity contribution in [1.82, 2.24) is 29.7 Å². The number of rotatable bonds is 11. The highest BCUT2D eigenvalue weighted by atomic mass is 16.8. The number of benzene rings is 1. The molecule has 1 aromatic carbocycles. The lowest BCUT2D eigenvalue weighted by Crippen LogP contribution is -2.39. The minimum Gasteiger partial charge on any atom is -0.382 e. The lowest BCUT2D eigenvalue weighted by atomic mass is 9.96. The van der Waals surface area contributed by atoms with Crippen LogP contribution in [0.4, 0.5) is 16.3 Å². The summed E-state index contributed by atoms with van der Waals surface area (Å²) in [5.41, 5.74) is 9.19. The van der Waals surface area contributed by atoms with Crippen molar-refractivity contribution < 1.29 is 19.0 Å². The Kier molecular flexibility index (Phi) is 8.74. The lowest BCUT2D eigenvalue weighted by molar-refractivity contribution is -0.197. The van der Waals surface area contributed by atoms with Crippen LogP contribution in [0.5, 0.6) is 0 Å². The maximum absolute atomic E-state index is 12.4. The van der Waals surface area contributed by atoms with Crippen LogP contribution in [0.2, 0.25) is 0 Å². The molecule has 3 aromatic rings. The van der Waals surface area contributed by atoms with E-state index in [2.05, 4.69) is 56.5 Å². The van der Waals surface area contributed by atoms with Gasteiger partial charge in [-0.2, -0.15) is 0 Å². The zero-order chi connectivity index (χ0) is 29.1. The maximum Gasteiger partial charge on any atom is 0.319 e. The molecule has 4 N–H and O–H groups in total. The van der Waals surface area contributed by atoms with Gasteiger partial charge in [-0.1, -0.05) is 32.4 Å². The summed E-state index contributed by atoms with van der Waals surface area (Å²) in [6, 6.07) is 7.89. The number of nitrogen functional groups attached to an aromatic ring is 1. The first-order chi connectivity index (χ1) is 19.6. The van der Waals surface area contributed by atoms with Gasteiger partial charge in [0.05, 0.1) is 6.33 Å². The molecule has 2 fully saturated rings. The molecule has 0 aliphatic carbocycles. The van der Waals surface area contributed by atoms with E-state index in [1.54, 1.807) is 6.33 Å². The van der Waals surface area contributed by atoms with Crippen molar-refractivity contribution in [2.75, 3.05) is 37.7 Å². The number of nitrogens with one attached hydrogen (secondary N) is 2. The molecule has 5 atom stereocenters. The Bertz CT molecular complexity index is 1330. The average molecular weight is 567 g/mol. The molecule has 2 saturated heterocycles. The minimum absolute atomic E-state index is 0.206. The molecule has 0 spiro atoms. The lowest BCUT2D eigenvalue weighted by Gasteiger charge is -2.27. The molecule has 41 heavy (non-hydrogen) atoms. The van der Waals surface area contributed by atoms with Crippen LogP contribution in [0, 0.1) is 0 Å². The van der Waals surface area contributed by atoms with Crippen molar-refractivity contribution in [2.24, 2.45) is 0 Å². The van der Waals surface area contributed by atoms with Crippen molar-refractivity contribution >= 4 is 28.7 Å². The van der Waals surface area contributed by atoms with E-state index < -0.39 is 12.0 Å². The van der Waals surface area contributed by atoms with Crippen LogP contribution in [0.3, 0.4) is 0 Å². The molecule has 0 bridgehead atoms. The highest BCUT2D eigenvalue weighted by molar-refractivity contribution is 5.89. The third kappa shape index (κ3) is 6.61. The van der Waals surface area contributed by atoms with E-state index in [0.717, 1.165) is 31.5 Å². The van der Waals surface area contributed by atoms with Crippen molar-refractivity contribution in [1.29, 1.82) is 0 Å². The number of amides is 2. The van der Waals surface area contributed by atoms with E-state index in [4.69, 9.17) is 19.9 Å². The number of urea groups is 1. The molecular formula is C29H42N8O4. The van der Waals surface area contributed by atoms with E-state index in [1.807, 2.05) is 37.6 Å². The van der Waals surface area contributed by atoms with Gasteiger partial charge in [-0.3, -0.25) is 4.57 Å². The van der Waals surface area contributed by atoms with Crippen molar-refractivity contribution in [3.63, 3.8) is 0 Å². The Morgan fingerprint density at radius 1 is 1.17 bits per heavy atom. The van der Waals surface area contributed by atoms with Gasteiger partial charge in [-0.05, 0) is 63.9 Å². The fourth-order valence-corrected chi connectivity index (χ4v) is 5.71. The van der Waals surface area contributed by atoms with Gasteiger partial charge in [0.1, 0.15) is 30.2 Å². The first-order valence-electron chi connectivity index (χ1n) is 14.4. The molecule has 0 radical (unpaired) electrons. The van der Waals surface area contributed by atoms with Gasteiger partial charge < -0.3 is 35.5 Å². The number of likely N-dealkylation sites (N-methyl/N-ethyl adjacent to an activating group) is 1. The second-order valence-electron chi connectivity index (χ2n) is 11.5. The van der Waals surface area contributed by atoms with E-state index in [9.17, 15) is 4.79 Å². The number of nitrogens with zero attached hydrogens (tertiary/aromatic N) is 5. The number of carbonyl (C=O) groups excluding carboxylic acids is 1. The number of hydrogen-bond acceptors (Lipinski definition) is 9. The number of anilines is 2. The summed E-state index contributed by atoms with van der Waals surface area (Å²) >= 11 is 0. The number of carbonyl (C=O) groups is 1. The van der Waals surface area contributed by atoms with E-state index in [-0.39, 0.29) is 24.3 Å². The molecule has 12 nitrogen and oxygen atoms in total. The largest absolute Gasteiger partial charge is 0.382 e. The summed E-state index contributed by atoms with van der Waals surface area (Å²) in [5.74, 6) is 0.107. The normalized spacial score (nSPS) is 24.0.